The second-order valence-corrected chi connectivity index (χ2v) is 6.28. The molecule has 0 saturated carbocycles. The van der Waals surface area contributed by atoms with E-state index < -0.39 is 9.04 Å². The molecule has 0 aliphatic rings. The van der Waals surface area contributed by atoms with Gasteiger partial charge >= 0.3 is 0 Å². The van der Waals surface area contributed by atoms with E-state index >= 15 is 0 Å². The number of rotatable bonds is 4. The SMILES string of the molecule is CC(C)O[Si](c1ccccc1)c1ccccc1. The average molecular weight is 241 g/mol. The van der Waals surface area contributed by atoms with Crippen LogP contribution in [0.2, 0.25) is 0 Å². The highest BCUT2D eigenvalue weighted by Gasteiger charge is 2.19. The minimum atomic E-state index is -1.10. The maximum absolute atomic E-state index is 6.12. The molecule has 1 radical (unpaired) electrons. The zero-order valence-corrected chi connectivity index (χ0v) is 11.3. The van der Waals surface area contributed by atoms with E-state index in [2.05, 4.69) is 62.4 Å². The lowest BCUT2D eigenvalue weighted by atomic mass is 10.4. The average Bonchev–Trinajstić information content (AvgIpc) is 2.38. The second kappa shape index (κ2) is 5.80. The molecule has 0 aromatic heterocycles. The summed E-state index contributed by atoms with van der Waals surface area (Å²) >= 11 is 0. The monoisotopic (exact) mass is 241 g/mol. The lowest BCUT2D eigenvalue weighted by molar-refractivity contribution is 0.253. The van der Waals surface area contributed by atoms with E-state index in [1.54, 1.807) is 0 Å². The molecule has 0 amide bonds. The van der Waals surface area contributed by atoms with Gasteiger partial charge in [-0.15, -0.1) is 0 Å². The van der Waals surface area contributed by atoms with Gasteiger partial charge < -0.3 is 4.43 Å². The second-order valence-electron chi connectivity index (χ2n) is 4.23. The third-order valence-corrected chi connectivity index (χ3v) is 4.85. The van der Waals surface area contributed by atoms with Gasteiger partial charge in [-0.05, 0) is 24.2 Å². The van der Waals surface area contributed by atoms with E-state index in [1.165, 1.54) is 10.4 Å². The molecule has 0 atom stereocenters. The molecule has 2 aromatic rings. The first-order chi connectivity index (χ1) is 8.27. The highest BCUT2D eigenvalue weighted by molar-refractivity contribution is 6.80. The molecule has 1 nitrogen and oxygen atoms in total. The van der Waals surface area contributed by atoms with Crippen LogP contribution in [0, 0.1) is 0 Å². The summed E-state index contributed by atoms with van der Waals surface area (Å²) in [5, 5.41) is 2.61. The van der Waals surface area contributed by atoms with E-state index in [4.69, 9.17) is 4.43 Å². The van der Waals surface area contributed by atoms with Crippen LogP contribution in [0.4, 0.5) is 0 Å². The van der Waals surface area contributed by atoms with Crippen molar-refractivity contribution in [1.82, 2.24) is 0 Å². The van der Waals surface area contributed by atoms with Crippen LogP contribution in [0.15, 0.2) is 60.7 Å². The lowest BCUT2D eigenvalue weighted by Gasteiger charge is -2.18. The Balaban J connectivity index is 2.32. The summed E-state index contributed by atoms with van der Waals surface area (Å²) in [5.74, 6) is 0. The van der Waals surface area contributed by atoms with Crippen LogP contribution in [-0.4, -0.2) is 15.1 Å². The van der Waals surface area contributed by atoms with Crippen molar-refractivity contribution in [2.75, 3.05) is 0 Å². The van der Waals surface area contributed by atoms with Gasteiger partial charge in [0, 0.05) is 6.10 Å². The summed E-state index contributed by atoms with van der Waals surface area (Å²) in [7, 11) is -1.10. The minimum Gasteiger partial charge on any atom is -0.405 e. The summed E-state index contributed by atoms with van der Waals surface area (Å²) in [5.41, 5.74) is 0. The van der Waals surface area contributed by atoms with Crippen molar-refractivity contribution in [3.05, 3.63) is 60.7 Å². The van der Waals surface area contributed by atoms with Crippen molar-refractivity contribution in [1.29, 1.82) is 0 Å². The van der Waals surface area contributed by atoms with Crippen LogP contribution in [-0.2, 0) is 4.43 Å². The standard InChI is InChI=1S/C15H17OSi/c1-13(2)16-17(14-9-5-3-6-10-14)15-11-7-4-8-12-15/h3-13H,1-2H3. The largest absolute Gasteiger partial charge is 0.405 e. The van der Waals surface area contributed by atoms with E-state index in [-0.39, 0.29) is 6.10 Å². The molecule has 87 valence electrons. The molecule has 0 fully saturated rings. The Morgan fingerprint density at radius 3 is 1.53 bits per heavy atom. The van der Waals surface area contributed by atoms with Gasteiger partial charge in [0.1, 0.15) is 0 Å². The molecule has 17 heavy (non-hydrogen) atoms. The molecule has 0 aliphatic carbocycles. The lowest BCUT2D eigenvalue weighted by Crippen LogP contribution is -2.46. The fourth-order valence-corrected chi connectivity index (χ4v) is 3.78. The molecule has 0 heterocycles. The molecule has 2 heteroatoms. The van der Waals surface area contributed by atoms with Gasteiger partial charge in [0.05, 0.1) is 0 Å². The molecule has 0 bridgehead atoms. The Hall–Kier alpha value is -1.38. The summed E-state index contributed by atoms with van der Waals surface area (Å²) in [6, 6.07) is 21.0. The Labute approximate surface area is 105 Å². The fraction of sp³-hybridized carbons (Fsp3) is 0.200. The Morgan fingerprint density at radius 1 is 0.765 bits per heavy atom. The van der Waals surface area contributed by atoms with Gasteiger partial charge in [0.15, 0.2) is 0 Å². The predicted molar refractivity (Wildman–Crippen MR) is 74.1 cm³/mol. The fourth-order valence-electron chi connectivity index (χ4n) is 1.72. The highest BCUT2D eigenvalue weighted by atomic mass is 28.3. The number of hydrogen-bond acceptors (Lipinski definition) is 1. The Bertz CT molecular complexity index is 399. The number of benzene rings is 2. The van der Waals surface area contributed by atoms with Gasteiger partial charge in [0.2, 0.25) is 0 Å². The first-order valence-electron chi connectivity index (χ1n) is 5.92. The maximum atomic E-state index is 6.12. The Morgan fingerprint density at radius 2 is 1.18 bits per heavy atom. The van der Waals surface area contributed by atoms with Gasteiger partial charge in [-0.2, -0.15) is 0 Å². The predicted octanol–water partition coefficient (Wildman–Crippen LogP) is 2.22. The maximum Gasteiger partial charge on any atom is 0.283 e. The third kappa shape index (κ3) is 3.28. The molecular weight excluding hydrogens is 224 g/mol. The molecule has 0 aliphatic heterocycles. The van der Waals surface area contributed by atoms with Gasteiger partial charge in [-0.25, -0.2) is 0 Å². The van der Waals surface area contributed by atoms with Crippen molar-refractivity contribution < 1.29 is 4.43 Å². The molecule has 0 spiro atoms. The zero-order chi connectivity index (χ0) is 12.1. The Kier molecular flexibility index (Phi) is 4.12. The third-order valence-electron chi connectivity index (χ3n) is 2.43. The van der Waals surface area contributed by atoms with E-state index in [0.717, 1.165) is 0 Å². The van der Waals surface area contributed by atoms with E-state index in [0.29, 0.717) is 0 Å². The van der Waals surface area contributed by atoms with Crippen molar-refractivity contribution in [2.24, 2.45) is 0 Å². The number of hydrogen-bond donors (Lipinski definition) is 0. The smallest absolute Gasteiger partial charge is 0.283 e. The summed E-state index contributed by atoms with van der Waals surface area (Å²) < 4.78 is 6.12. The molecule has 0 unspecified atom stereocenters. The van der Waals surface area contributed by atoms with Crippen molar-refractivity contribution in [3.63, 3.8) is 0 Å². The van der Waals surface area contributed by atoms with Gasteiger partial charge in [-0.1, -0.05) is 60.7 Å². The molecule has 2 aromatic carbocycles. The summed E-state index contributed by atoms with van der Waals surface area (Å²) in [6.45, 7) is 4.19. The first kappa shape index (κ1) is 12.1. The first-order valence-corrected chi connectivity index (χ1v) is 7.32. The van der Waals surface area contributed by atoms with Gasteiger partial charge in [0.25, 0.3) is 9.04 Å². The van der Waals surface area contributed by atoms with E-state index in [1.807, 2.05) is 12.1 Å². The van der Waals surface area contributed by atoms with Crippen molar-refractivity contribution >= 4 is 19.4 Å². The van der Waals surface area contributed by atoms with Crippen LogP contribution in [0.5, 0.6) is 0 Å². The molecule has 0 N–H and O–H groups in total. The summed E-state index contributed by atoms with van der Waals surface area (Å²) in [4.78, 5) is 0. The van der Waals surface area contributed by atoms with Crippen molar-refractivity contribution in [2.45, 2.75) is 20.0 Å². The highest BCUT2D eigenvalue weighted by Crippen LogP contribution is 1.98. The van der Waals surface area contributed by atoms with E-state index in [9.17, 15) is 0 Å². The topological polar surface area (TPSA) is 9.23 Å². The summed E-state index contributed by atoms with van der Waals surface area (Å²) in [6.07, 6.45) is 0.254. The molecular formula is C15H17OSi. The van der Waals surface area contributed by atoms with Crippen LogP contribution in [0.25, 0.3) is 0 Å². The molecule has 2 rings (SSSR count). The van der Waals surface area contributed by atoms with Crippen LogP contribution >= 0.6 is 0 Å². The van der Waals surface area contributed by atoms with Crippen LogP contribution in [0.1, 0.15) is 13.8 Å². The van der Waals surface area contributed by atoms with Crippen LogP contribution in [0.3, 0.4) is 0 Å². The van der Waals surface area contributed by atoms with Gasteiger partial charge in [-0.3, -0.25) is 0 Å². The minimum absolute atomic E-state index is 0.254. The molecule has 0 saturated heterocycles. The quantitative estimate of drug-likeness (QED) is 0.746. The van der Waals surface area contributed by atoms with Crippen molar-refractivity contribution in [3.8, 4) is 0 Å². The van der Waals surface area contributed by atoms with Crippen LogP contribution < -0.4 is 10.4 Å². The normalized spacial score (nSPS) is 11.1. The zero-order valence-electron chi connectivity index (χ0n) is 10.3.